The molecule has 2 atom stereocenters. The van der Waals surface area contributed by atoms with Crippen molar-refractivity contribution in [2.75, 3.05) is 20.3 Å². The summed E-state index contributed by atoms with van der Waals surface area (Å²) < 4.78 is 5.51. The maximum absolute atomic E-state index is 12.7. The molecule has 6 nitrogen and oxygen atoms in total. The molecule has 6 heteroatoms. The van der Waals surface area contributed by atoms with Crippen LogP contribution in [0.25, 0.3) is 5.57 Å². The number of aliphatic imine (C=N–C) groups is 1. The first-order valence-electron chi connectivity index (χ1n) is 9.29. The summed E-state index contributed by atoms with van der Waals surface area (Å²) in [5.41, 5.74) is 7.65. The molecule has 0 aromatic heterocycles. The molecular formula is C21H27N3O3. The summed E-state index contributed by atoms with van der Waals surface area (Å²) in [5, 5.41) is 10.0. The van der Waals surface area contributed by atoms with Gasteiger partial charge in [-0.3, -0.25) is 9.69 Å². The number of nitrogens with zero attached hydrogens (tertiary/aromatic N) is 2. The third-order valence-electron chi connectivity index (χ3n) is 5.33. The molecule has 0 saturated heterocycles. The lowest BCUT2D eigenvalue weighted by atomic mass is 9.82. The number of rotatable bonds is 6. The van der Waals surface area contributed by atoms with Gasteiger partial charge in [0, 0.05) is 20.3 Å². The van der Waals surface area contributed by atoms with Crippen LogP contribution in [0.15, 0.2) is 47.2 Å². The predicted octanol–water partition coefficient (Wildman–Crippen LogP) is 2.96. The van der Waals surface area contributed by atoms with Crippen LogP contribution in [0.5, 0.6) is 0 Å². The molecule has 1 heterocycles. The summed E-state index contributed by atoms with van der Waals surface area (Å²) in [6, 6.07) is 7.79. The number of carbonyl (C=O) groups is 1. The molecule has 144 valence electrons. The van der Waals surface area contributed by atoms with Crippen molar-refractivity contribution in [3.05, 3.63) is 53.3 Å². The van der Waals surface area contributed by atoms with E-state index >= 15 is 0 Å². The first kappa shape index (κ1) is 19.2. The molecule has 27 heavy (non-hydrogen) atoms. The number of benzene rings is 1. The van der Waals surface area contributed by atoms with Crippen molar-refractivity contribution in [2.45, 2.75) is 32.2 Å². The number of carbonyl (C=O) groups excluding carboxylic acids is 1. The van der Waals surface area contributed by atoms with E-state index in [4.69, 9.17) is 10.5 Å². The van der Waals surface area contributed by atoms with E-state index in [-0.39, 0.29) is 23.5 Å². The molecule has 3 N–H and O–H groups in total. The van der Waals surface area contributed by atoms with Crippen LogP contribution in [0.3, 0.4) is 0 Å². The lowest BCUT2D eigenvalue weighted by Crippen LogP contribution is -2.38. The van der Waals surface area contributed by atoms with Gasteiger partial charge in [-0.15, -0.1) is 0 Å². The van der Waals surface area contributed by atoms with Gasteiger partial charge in [-0.1, -0.05) is 18.2 Å². The van der Waals surface area contributed by atoms with Crippen molar-refractivity contribution in [1.82, 2.24) is 4.90 Å². The fourth-order valence-electron chi connectivity index (χ4n) is 3.66. The maximum Gasteiger partial charge on any atom is 0.261 e. The minimum Gasteiger partial charge on any atom is -0.508 e. The van der Waals surface area contributed by atoms with Crippen molar-refractivity contribution >= 4 is 17.4 Å². The van der Waals surface area contributed by atoms with Crippen LogP contribution in [-0.2, 0) is 15.1 Å². The van der Waals surface area contributed by atoms with Crippen LogP contribution in [-0.4, -0.2) is 42.1 Å². The van der Waals surface area contributed by atoms with Gasteiger partial charge in [0.2, 0.25) is 0 Å². The maximum atomic E-state index is 12.7. The number of aliphatic hydroxyl groups is 1. The van der Waals surface area contributed by atoms with Crippen LogP contribution in [0.2, 0.25) is 0 Å². The van der Waals surface area contributed by atoms with Crippen molar-refractivity contribution < 1.29 is 14.6 Å². The van der Waals surface area contributed by atoms with Gasteiger partial charge in [0.25, 0.3) is 5.91 Å². The molecule has 0 radical (unpaired) electrons. The van der Waals surface area contributed by atoms with Gasteiger partial charge in [-0.05, 0) is 67.5 Å². The Labute approximate surface area is 160 Å². The number of likely N-dealkylation sites (N-methyl/N-ethyl adjacent to an activating group) is 1. The van der Waals surface area contributed by atoms with Gasteiger partial charge in [-0.2, -0.15) is 0 Å². The Morgan fingerprint density at radius 3 is 2.89 bits per heavy atom. The number of allylic oxidation sites excluding steroid dienone is 3. The molecule has 3 rings (SSSR count). The van der Waals surface area contributed by atoms with Gasteiger partial charge >= 0.3 is 0 Å². The first-order chi connectivity index (χ1) is 12.9. The average Bonchev–Trinajstić information content (AvgIpc) is 2.87. The van der Waals surface area contributed by atoms with E-state index in [2.05, 4.69) is 4.99 Å². The van der Waals surface area contributed by atoms with Crippen molar-refractivity contribution in [3.63, 3.8) is 0 Å². The molecule has 1 aliphatic heterocycles. The normalized spacial score (nSPS) is 25.3. The number of aliphatic hydroxyl groups excluding tert-OH is 1. The molecular weight excluding hydrogens is 342 g/mol. The molecule has 0 fully saturated rings. The van der Waals surface area contributed by atoms with E-state index < -0.39 is 5.54 Å². The second kappa shape index (κ2) is 7.56. The van der Waals surface area contributed by atoms with E-state index in [0.717, 1.165) is 29.5 Å². The number of guanidine groups is 1. The molecule has 0 bridgehead atoms. The van der Waals surface area contributed by atoms with Crippen LogP contribution in [0, 0.1) is 5.92 Å². The highest BCUT2D eigenvalue weighted by Gasteiger charge is 2.43. The summed E-state index contributed by atoms with van der Waals surface area (Å²) in [6.07, 6.45) is 5.28. The van der Waals surface area contributed by atoms with Gasteiger partial charge in [-0.25, -0.2) is 4.99 Å². The number of nitrogens with two attached hydrogens (primary N) is 1. The van der Waals surface area contributed by atoms with Crippen LogP contribution < -0.4 is 5.73 Å². The Balaban J connectivity index is 1.94. The van der Waals surface area contributed by atoms with E-state index in [9.17, 15) is 9.90 Å². The molecule has 0 spiro atoms. The van der Waals surface area contributed by atoms with Crippen molar-refractivity contribution in [1.29, 1.82) is 0 Å². The van der Waals surface area contributed by atoms with E-state index in [1.807, 2.05) is 43.3 Å². The quantitative estimate of drug-likeness (QED) is 0.755. The Bertz CT molecular complexity index is 828. The molecule has 1 amide bonds. The Hall–Kier alpha value is -2.60. The van der Waals surface area contributed by atoms with E-state index in [1.165, 1.54) is 4.90 Å². The fraction of sp³-hybridized carbons (Fsp3) is 0.429. The zero-order chi connectivity index (χ0) is 19.6. The largest absolute Gasteiger partial charge is 0.508 e. The first-order valence-corrected chi connectivity index (χ1v) is 9.29. The molecule has 1 aromatic carbocycles. The van der Waals surface area contributed by atoms with E-state index in [1.54, 1.807) is 14.0 Å². The average molecular weight is 369 g/mol. The summed E-state index contributed by atoms with van der Waals surface area (Å²) in [6.45, 7) is 5.13. The second-order valence-corrected chi connectivity index (χ2v) is 7.13. The Morgan fingerprint density at radius 1 is 1.44 bits per heavy atom. The number of amides is 1. The minimum atomic E-state index is -1.03. The summed E-state index contributed by atoms with van der Waals surface area (Å²) >= 11 is 0. The second-order valence-electron chi connectivity index (χ2n) is 7.13. The SMILES string of the molecule is CCOCCC1CC=C(O)C=C1c1cccc(C2(C)N=C(N)N(C)C2=O)c1. The summed E-state index contributed by atoms with van der Waals surface area (Å²) in [4.78, 5) is 18.5. The Morgan fingerprint density at radius 2 is 2.22 bits per heavy atom. The lowest BCUT2D eigenvalue weighted by molar-refractivity contribution is -0.130. The van der Waals surface area contributed by atoms with Gasteiger partial charge in [0.1, 0.15) is 5.76 Å². The van der Waals surface area contributed by atoms with Crippen LogP contribution in [0.1, 0.15) is 37.8 Å². The smallest absolute Gasteiger partial charge is 0.261 e. The van der Waals surface area contributed by atoms with Crippen LogP contribution >= 0.6 is 0 Å². The van der Waals surface area contributed by atoms with Gasteiger partial charge in [0.05, 0.1) is 0 Å². The monoisotopic (exact) mass is 369 g/mol. The minimum absolute atomic E-state index is 0.148. The molecule has 2 aliphatic rings. The third-order valence-corrected chi connectivity index (χ3v) is 5.33. The highest BCUT2D eigenvalue weighted by molar-refractivity contribution is 6.06. The molecule has 1 aliphatic carbocycles. The standard InChI is InChI=1S/C21H27N3O3/c1-4-27-11-10-14-8-9-17(25)13-18(14)15-6-5-7-16(12-15)21(2)19(26)24(3)20(22)23-21/h5-7,9,12-14,25H,4,8,10-11H2,1-3H3,(H2,22,23). The number of hydrogen-bond donors (Lipinski definition) is 2. The fourth-order valence-corrected chi connectivity index (χ4v) is 3.66. The zero-order valence-electron chi connectivity index (χ0n) is 16.1. The predicted molar refractivity (Wildman–Crippen MR) is 106 cm³/mol. The number of hydrogen-bond acceptors (Lipinski definition) is 5. The number of ether oxygens (including phenoxy) is 1. The topological polar surface area (TPSA) is 88.2 Å². The Kier molecular flexibility index (Phi) is 5.37. The van der Waals surface area contributed by atoms with Crippen LogP contribution in [0.4, 0.5) is 0 Å². The van der Waals surface area contributed by atoms with Crippen molar-refractivity contribution in [3.8, 4) is 0 Å². The summed E-state index contributed by atoms with van der Waals surface area (Å²) in [5.74, 6) is 0.601. The lowest BCUT2D eigenvalue weighted by Gasteiger charge is -2.25. The van der Waals surface area contributed by atoms with Gasteiger partial charge < -0.3 is 15.6 Å². The molecule has 0 saturated carbocycles. The molecule has 2 unspecified atom stereocenters. The van der Waals surface area contributed by atoms with Crippen molar-refractivity contribution in [2.24, 2.45) is 16.6 Å². The van der Waals surface area contributed by atoms with Gasteiger partial charge in [0.15, 0.2) is 11.5 Å². The summed E-state index contributed by atoms with van der Waals surface area (Å²) in [7, 11) is 1.63. The molecule has 1 aromatic rings. The highest BCUT2D eigenvalue weighted by Crippen LogP contribution is 2.37. The third kappa shape index (κ3) is 3.62. The van der Waals surface area contributed by atoms with E-state index in [0.29, 0.717) is 13.2 Å². The highest BCUT2D eigenvalue weighted by atomic mass is 16.5. The zero-order valence-corrected chi connectivity index (χ0v) is 16.1.